The monoisotopic (exact) mass is 354 g/mol. The molecule has 130 valence electrons. The smallest absolute Gasteiger partial charge is 0.119 e. The van der Waals surface area contributed by atoms with Gasteiger partial charge in [0.2, 0.25) is 0 Å². The number of piperidine rings is 1. The number of thiazole rings is 1. The molecule has 3 heterocycles. The van der Waals surface area contributed by atoms with Gasteiger partial charge in [0.25, 0.3) is 0 Å². The predicted octanol–water partition coefficient (Wildman–Crippen LogP) is 4.06. The molecule has 1 aliphatic heterocycles. The molecule has 2 aromatic heterocycles. The maximum Gasteiger partial charge on any atom is 0.119 e. The van der Waals surface area contributed by atoms with Crippen LogP contribution in [0.2, 0.25) is 0 Å². The largest absolute Gasteiger partial charge is 0.497 e. The predicted molar refractivity (Wildman–Crippen MR) is 99.2 cm³/mol. The van der Waals surface area contributed by atoms with Crippen LogP contribution in [0.4, 0.5) is 0 Å². The summed E-state index contributed by atoms with van der Waals surface area (Å²) in [6, 6.07) is 8.57. The minimum Gasteiger partial charge on any atom is -0.497 e. The van der Waals surface area contributed by atoms with E-state index in [1.54, 1.807) is 18.4 Å². The van der Waals surface area contributed by atoms with Gasteiger partial charge in [-0.05, 0) is 49.2 Å². The third kappa shape index (κ3) is 3.45. The van der Waals surface area contributed by atoms with Crippen LogP contribution in [0, 0.1) is 0 Å². The van der Waals surface area contributed by atoms with Gasteiger partial charge in [-0.25, -0.2) is 9.67 Å². The summed E-state index contributed by atoms with van der Waals surface area (Å²) < 4.78 is 7.38. The molecule has 0 aliphatic carbocycles. The molecule has 4 rings (SSSR count). The summed E-state index contributed by atoms with van der Waals surface area (Å²) in [4.78, 5) is 7.12. The van der Waals surface area contributed by atoms with Crippen LogP contribution in [0.15, 0.2) is 48.2 Å². The molecule has 25 heavy (non-hydrogen) atoms. The number of aromatic nitrogens is 3. The van der Waals surface area contributed by atoms with E-state index in [-0.39, 0.29) is 0 Å². The van der Waals surface area contributed by atoms with Crippen molar-refractivity contribution in [2.45, 2.75) is 31.8 Å². The lowest BCUT2D eigenvalue weighted by atomic mass is 10.0. The zero-order valence-corrected chi connectivity index (χ0v) is 15.2. The third-order valence-electron chi connectivity index (χ3n) is 4.76. The van der Waals surface area contributed by atoms with Crippen LogP contribution in [0.1, 0.15) is 35.9 Å². The fraction of sp³-hybridized carbons (Fsp3) is 0.368. The van der Waals surface area contributed by atoms with Crippen molar-refractivity contribution in [3.63, 3.8) is 0 Å². The van der Waals surface area contributed by atoms with Crippen LogP contribution >= 0.6 is 11.3 Å². The van der Waals surface area contributed by atoms with Crippen LogP contribution in [0.5, 0.6) is 5.75 Å². The van der Waals surface area contributed by atoms with Crippen LogP contribution in [-0.2, 0) is 6.54 Å². The lowest BCUT2D eigenvalue weighted by Gasteiger charge is -2.35. The number of benzene rings is 1. The minimum atomic E-state index is 0.408. The van der Waals surface area contributed by atoms with Crippen molar-refractivity contribution >= 4 is 11.3 Å². The van der Waals surface area contributed by atoms with Gasteiger partial charge in [-0.3, -0.25) is 4.90 Å². The molecule has 0 unspecified atom stereocenters. The quantitative estimate of drug-likeness (QED) is 0.693. The number of methoxy groups -OCH3 is 1. The molecule has 0 amide bonds. The van der Waals surface area contributed by atoms with E-state index in [4.69, 9.17) is 4.74 Å². The van der Waals surface area contributed by atoms with Crippen molar-refractivity contribution in [2.75, 3.05) is 13.7 Å². The van der Waals surface area contributed by atoms with Gasteiger partial charge in [0, 0.05) is 30.5 Å². The third-order valence-corrected chi connectivity index (χ3v) is 5.64. The molecule has 0 radical (unpaired) electrons. The highest BCUT2D eigenvalue weighted by molar-refractivity contribution is 7.09. The van der Waals surface area contributed by atoms with E-state index in [1.165, 1.54) is 29.8 Å². The minimum absolute atomic E-state index is 0.408. The molecule has 0 bridgehead atoms. The van der Waals surface area contributed by atoms with Gasteiger partial charge in [-0.15, -0.1) is 11.3 Å². The average molecular weight is 354 g/mol. The summed E-state index contributed by atoms with van der Waals surface area (Å²) in [5, 5.41) is 7.71. The molecule has 0 N–H and O–H groups in total. The second-order valence-electron chi connectivity index (χ2n) is 6.30. The first-order valence-electron chi connectivity index (χ1n) is 8.65. The number of likely N-dealkylation sites (tertiary alicyclic amines) is 1. The Morgan fingerprint density at radius 2 is 2.24 bits per heavy atom. The van der Waals surface area contributed by atoms with Gasteiger partial charge in [0.15, 0.2) is 0 Å². The lowest BCUT2D eigenvalue weighted by Crippen LogP contribution is -2.33. The summed E-state index contributed by atoms with van der Waals surface area (Å²) in [6.07, 6.45) is 9.39. The van der Waals surface area contributed by atoms with Crippen molar-refractivity contribution in [1.82, 2.24) is 19.7 Å². The van der Waals surface area contributed by atoms with Crippen molar-refractivity contribution in [3.8, 4) is 11.4 Å². The van der Waals surface area contributed by atoms with Gasteiger partial charge >= 0.3 is 0 Å². The molecule has 0 spiro atoms. The van der Waals surface area contributed by atoms with E-state index in [0.29, 0.717) is 6.04 Å². The molecule has 0 saturated carbocycles. The van der Waals surface area contributed by atoms with Crippen molar-refractivity contribution in [1.29, 1.82) is 0 Å². The maximum absolute atomic E-state index is 5.46. The Kier molecular flexibility index (Phi) is 4.81. The van der Waals surface area contributed by atoms with Gasteiger partial charge in [-0.2, -0.15) is 5.10 Å². The molecule has 1 aliphatic rings. The Hall–Kier alpha value is -2.18. The van der Waals surface area contributed by atoms with E-state index in [0.717, 1.165) is 24.5 Å². The number of rotatable bonds is 5. The van der Waals surface area contributed by atoms with Gasteiger partial charge in [0.05, 0.1) is 18.8 Å². The van der Waals surface area contributed by atoms with Crippen LogP contribution in [-0.4, -0.2) is 33.3 Å². The van der Waals surface area contributed by atoms with Crippen molar-refractivity contribution in [3.05, 3.63) is 58.8 Å². The van der Waals surface area contributed by atoms with Gasteiger partial charge in [0.1, 0.15) is 10.8 Å². The Morgan fingerprint density at radius 1 is 1.28 bits per heavy atom. The zero-order chi connectivity index (χ0) is 17.1. The summed E-state index contributed by atoms with van der Waals surface area (Å²) in [5.74, 6) is 0.883. The lowest BCUT2D eigenvalue weighted by molar-refractivity contribution is 0.140. The topological polar surface area (TPSA) is 43.2 Å². The Labute approximate surface area is 151 Å². The standard InChI is InChI=1S/C19H22N4OS/c1-24-16-6-7-17(23-11-4-8-21-23)15(13-16)14-22-10-3-2-5-18(22)19-20-9-12-25-19/h4,6-9,11-13,18H,2-3,5,10,14H2,1H3/t18-/m0/s1. The normalized spacial score (nSPS) is 18.4. The number of nitrogens with zero attached hydrogens (tertiary/aromatic N) is 4. The number of hydrogen-bond donors (Lipinski definition) is 0. The molecule has 1 aromatic carbocycles. The van der Waals surface area contributed by atoms with E-state index in [9.17, 15) is 0 Å². The highest BCUT2D eigenvalue weighted by atomic mass is 32.1. The summed E-state index contributed by atoms with van der Waals surface area (Å²) in [7, 11) is 1.71. The second-order valence-corrected chi connectivity index (χ2v) is 7.22. The second kappa shape index (κ2) is 7.37. The molecule has 1 atom stereocenters. The van der Waals surface area contributed by atoms with Crippen molar-refractivity contribution < 1.29 is 4.74 Å². The van der Waals surface area contributed by atoms with Crippen molar-refractivity contribution in [2.24, 2.45) is 0 Å². The number of ether oxygens (including phenoxy) is 1. The highest BCUT2D eigenvalue weighted by Gasteiger charge is 2.26. The molecule has 1 fully saturated rings. The highest BCUT2D eigenvalue weighted by Crippen LogP contribution is 2.34. The fourth-order valence-electron chi connectivity index (χ4n) is 3.53. The van der Waals surface area contributed by atoms with Gasteiger partial charge < -0.3 is 4.74 Å². The first-order valence-corrected chi connectivity index (χ1v) is 9.53. The Balaban J connectivity index is 1.66. The zero-order valence-electron chi connectivity index (χ0n) is 14.3. The first kappa shape index (κ1) is 16.3. The van der Waals surface area contributed by atoms with E-state index >= 15 is 0 Å². The van der Waals surface area contributed by atoms with E-state index < -0.39 is 0 Å². The molecule has 6 heteroatoms. The van der Waals surface area contributed by atoms with Crippen LogP contribution in [0.3, 0.4) is 0 Å². The molecular weight excluding hydrogens is 332 g/mol. The summed E-state index contributed by atoms with van der Waals surface area (Å²) >= 11 is 1.76. The molecule has 1 saturated heterocycles. The van der Waals surface area contributed by atoms with Gasteiger partial charge in [-0.1, -0.05) is 6.42 Å². The summed E-state index contributed by atoms with van der Waals surface area (Å²) in [6.45, 7) is 1.97. The van der Waals surface area contributed by atoms with E-state index in [1.807, 2.05) is 35.4 Å². The molecule has 5 nitrogen and oxygen atoms in total. The number of hydrogen-bond acceptors (Lipinski definition) is 5. The fourth-order valence-corrected chi connectivity index (χ4v) is 4.33. The average Bonchev–Trinajstić information content (AvgIpc) is 3.36. The SMILES string of the molecule is COc1ccc(-n2cccn2)c(CN2CCCC[C@H]2c2nccs2)c1. The Morgan fingerprint density at radius 3 is 3.00 bits per heavy atom. The molecular formula is C19H22N4OS. The first-order chi connectivity index (χ1) is 12.3. The van der Waals surface area contributed by atoms with Crippen LogP contribution < -0.4 is 4.74 Å². The van der Waals surface area contributed by atoms with Crippen LogP contribution in [0.25, 0.3) is 5.69 Å². The molecule has 3 aromatic rings. The maximum atomic E-state index is 5.46. The Bertz CT molecular complexity index is 801. The van der Waals surface area contributed by atoms with E-state index in [2.05, 4.69) is 32.5 Å². The summed E-state index contributed by atoms with van der Waals surface area (Å²) in [5.41, 5.74) is 2.33.